The van der Waals surface area contributed by atoms with Gasteiger partial charge in [-0.2, -0.15) is 0 Å². The van der Waals surface area contributed by atoms with Crippen LogP contribution in [0.5, 0.6) is 5.75 Å². The molecule has 0 aliphatic heterocycles. The SMILES string of the molecule is CCOc1ccccc1N(CC(N)=O)S(=O)(=O)c1cccc([N+](=O)[O-])c1. The Labute approximate surface area is 150 Å². The lowest BCUT2D eigenvalue weighted by Crippen LogP contribution is -2.38. The number of nitrogens with two attached hydrogens (primary N) is 1. The minimum absolute atomic E-state index is 0.111. The molecule has 2 N–H and O–H groups in total. The van der Waals surface area contributed by atoms with E-state index >= 15 is 0 Å². The zero-order valence-corrected chi connectivity index (χ0v) is 14.7. The number of nitrogens with zero attached hydrogens (tertiary/aromatic N) is 2. The monoisotopic (exact) mass is 379 g/mol. The molecular weight excluding hydrogens is 362 g/mol. The number of sulfonamides is 1. The second kappa shape index (κ2) is 7.83. The fourth-order valence-electron chi connectivity index (χ4n) is 2.27. The minimum atomic E-state index is -4.30. The van der Waals surface area contributed by atoms with Crippen LogP contribution < -0.4 is 14.8 Å². The van der Waals surface area contributed by atoms with Crippen molar-refractivity contribution in [3.8, 4) is 5.75 Å². The van der Waals surface area contributed by atoms with Gasteiger partial charge in [0.1, 0.15) is 12.3 Å². The predicted molar refractivity (Wildman–Crippen MR) is 94.4 cm³/mol. The molecule has 0 saturated carbocycles. The smallest absolute Gasteiger partial charge is 0.270 e. The molecule has 0 aliphatic carbocycles. The van der Waals surface area contributed by atoms with Crippen LogP contribution in [0.1, 0.15) is 6.92 Å². The van der Waals surface area contributed by atoms with Gasteiger partial charge in [-0.05, 0) is 25.1 Å². The third-order valence-electron chi connectivity index (χ3n) is 3.35. The van der Waals surface area contributed by atoms with E-state index in [2.05, 4.69) is 0 Å². The van der Waals surface area contributed by atoms with Crippen LogP contribution in [0, 0.1) is 10.1 Å². The first kappa shape index (κ1) is 19.2. The highest BCUT2D eigenvalue weighted by atomic mass is 32.2. The van der Waals surface area contributed by atoms with Crippen LogP contribution in [0.2, 0.25) is 0 Å². The van der Waals surface area contributed by atoms with Crippen LogP contribution in [0.15, 0.2) is 53.4 Å². The van der Waals surface area contributed by atoms with Crippen LogP contribution in [0.4, 0.5) is 11.4 Å². The number of para-hydroxylation sites is 2. The molecule has 26 heavy (non-hydrogen) atoms. The number of ether oxygens (including phenoxy) is 1. The summed E-state index contributed by atoms with van der Waals surface area (Å²) in [5.41, 5.74) is 4.94. The summed E-state index contributed by atoms with van der Waals surface area (Å²) in [6.45, 7) is 1.36. The standard InChI is InChI=1S/C16H17N3O6S/c1-2-25-15-9-4-3-8-14(15)18(11-16(17)20)26(23,24)13-7-5-6-12(10-13)19(21)22/h3-10H,2,11H2,1H3,(H2,17,20). The highest BCUT2D eigenvalue weighted by Gasteiger charge is 2.29. The summed E-state index contributed by atoms with van der Waals surface area (Å²) in [5.74, 6) is -0.643. The number of nitro groups is 1. The average molecular weight is 379 g/mol. The molecule has 0 heterocycles. The molecule has 0 unspecified atom stereocenters. The van der Waals surface area contributed by atoms with Gasteiger partial charge in [-0.25, -0.2) is 8.42 Å². The Kier molecular flexibility index (Phi) is 5.78. The highest BCUT2D eigenvalue weighted by Crippen LogP contribution is 2.33. The summed E-state index contributed by atoms with van der Waals surface area (Å²) in [7, 11) is -4.30. The molecule has 2 aromatic carbocycles. The molecule has 0 fully saturated rings. The molecule has 9 nitrogen and oxygen atoms in total. The lowest BCUT2D eigenvalue weighted by Gasteiger charge is -2.25. The van der Waals surface area contributed by atoms with E-state index in [4.69, 9.17) is 10.5 Å². The Morgan fingerprint density at radius 2 is 1.92 bits per heavy atom. The van der Waals surface area contributed by atoms with Crippen molar-refractivity contribution in [2.24, 2.45) is 5.73 Å². The number of hydrogen-bond donors (Lipinski definition) is 1. The first-order valence-corrected chi connectivity index (χ1v) is 8.98. The van der Waals surface area contributed by atoms with Gasteiger partial charge in [0.15, 0.2) is 0 Å². The van der Waals surface area contributed by atoms with Crippen molar-refractivity contribution in [2.75, 3.05) is 17.5 Å². The summed E-state index contributed by atoms with van der Waals surface area (Å²) in [4.78, 5) is 21.4. The van der Waals surface area contributed by atoms with E-state index < -0.39 is 27.4 Å². The van der Waals surface area contributed by atoms with Crippen LogP contribution in [-0.4, -0.2) is 32.4 Å². The zero-order chi connectivity index (χ0) is 19.3. The van der Waals surface area contributed by atoms with Crippen LogP contribution in [0.3, 0.4) is 0 Å². The van der Waals surface area contributed by atoms with Gasteiger partial charge in [0.05, 0.1) is 22.1 Å². The van der Waals surface area contributed by atoms with E-state index in [0.717, 1.165) is 10.4 Å². The highest BCUT2D eigenvalue weighted by molar-refractivity contribution is 7.92. The van der Waals surface area contributed by atoms with Crippen LogP contribution >= 0.6 is 0 Å². The summed E-state index contributed by atoms with van der Waals surface area (Å²) in [6, 6.07) is 10.8. The number of rotatable bonds is 8. The zero-order valence-electron chi connectivity index (χ0n) is 13.9. The molecule has 0 bridgehead atoms. The largest absolute Gasteiger partial charge is 0.492 e. The van der Waals surface area contributed by atoms with Crippen molar-refractivity contribution in [1.29, 1.82) is 0 Å². The molecule has 0 aromatic heterocycles. The summed E-state index contributed by atoms with van der Waals surface area (Å²) >= 11 is 0. The molecule has 2 aromatic rings. The van der Waals surface area contributed by atoms with Crippen molar-refractivity contribution in [2.45, 2.75) is 11.8 Å². The van der Waals surface area contributed by atoms with Crippen LogP contribution in [0.25, 0.3) is 0 Å². The predicted octanol–water partition coefficient (Wildman–Crippen LogP) is 1.67. The minimum Gasteiger partial charge on any atom is -0.492 e. The van der Waals surface area contributed by atoms with Crippen molar-refractivity contribution in [3.63, 3.8) is 0 Å². The van der Waals surface area contributed by atoms with Crippen molar-refractivity contribution in [3.05, 3.63) is 58.6 Å². The van der Waals surface area contributed by atoms with Gasteiger partial charge < -0.3 is 10.5 Å². The van der Waals surface area contributed by atoms with Gasteiger partial charge >= 0.3 is 0 Å². The fourth-order valence-corrected chi connectivity index (χ4v) is 3.75. The van der Waals surface area contributed by atoms with Gasteiger partial charge in [0, 0.05) is 12.1 Å². The molecule has 1 amide bonds. The molecule has 0 spiro atoms. The Hall–Kier alpha value is -3.14. The van der Waals surface area contributed by atoms with E-state index in [1.807, 2.05) is 0 Å². The molecule has 0 aliphatic rings. The number of non-ortho nitro benzene ring substituents is 1. The maximum absolute atomic E-state index is 13.0. The second-order valence-electron chi connectivity index (χ2n) is 5.13. The number of anilines is 1. The lowest BCUT2D eigenvalue weighted by molar-refractivity contribution is -0.385. The number of benzene rings is 2. The summed E-state index contributed by atoms with van der Waals surface area (Å²) in [5, 5.41) is 10.9. The molecular formula is C16H17N3O6S. The molecule has 0 saturated heterocycles. The fraction of sp³-hybridized carbons (Fsp3) is 0.188. The third-order valence-corrected chi connectivity index (χ3v) is 5.11. The quantitative estimate of drug-likeness (QED) is 0.548. The van der Waals surface area contributed by atoms with Crippen molar-refractivity contribution >= 4 is 27.3 Å². The van der Waals surface area contributed by atoms with Gasteiger partial charge in [-0.1, -0.05) is 18.2 Å². The molecule has 2 rings (SSSR count). The first-order chi connectivity index (χ1) is 12.3. The molecule has 0 atom stereocenters. The number of primary amides is 1. The Balaban J connectivity index is 2.61. The van der Waals surface area contributed by atoms with E-state index in [9.17, 15) is 23.3 Å². The van der Waals surface area contributed by atoms with Crippen LogP contribution in [-0.2, 0) is 14.8 Å². The molecule has 138 valence electrons. The number of hydrogen-bond acceptors (Lipinski definition) is 6. The van der Waals surface area contributed by atoms with E-state index in [-0.39, 0.29) is 28.6 Å². The Bertz CT molecular complexity index is 929. The van der Waals surface area contributed by atoms with Gasteiger partial charge in [0.2, 0.25) is 5.91 Å². The molecule has 0 radical (unpaired) electrons. The first-order valence-electron chi connectivity index (χ1n) is 7.54. The number of nitro benzene ring substituents is 1. The van der Waals surface area contributed by atoms with Gasteiger partial charge in [0.25, 0.3) is 15.7 Å². The number of carbonyl (C=O) groups excluding carboxylic acids is 1. The maximum atomic E-state index is 13.0. The van der Waals surface area contributed by atoms with Gasteiger partial charge in [-0.15, -0.1) is 0 Å². The normalized spacial score (nSPS) is 11.0. The summed E-state index contributed by atoms with van der Waals surface area (Å²) in [6.07, 6.45) is 0. The lowest BCUT2D eigenvalue weighted by atomic mass is 10.3. The average Bonchev–Trinajstić information content (AvgIpc) is 2.60. The van der Waals surface area contributed by atoms with Gasteiger partial charge in [-0.3, -0.25) is 19.2 Å². The van der Waals surface area contributed by atoms with E-state index in [0.29, 0.717) is 0 Å². The Morgan fingerprint density at radius 3 is 2.54 bits per heavy atom. The number of carbonyl (C=O) groups is 1. The van der Waals surface area contributed by atoms with Crippen molar-refractivity contribution < 1.29 is 22.9 Å². The van der Waals surface area contributed by atoms with E-state index in [1.54, 1.807) is 25.1 Å². The number of amides is 1. The maximum Gasteiger partial charge on any atom is 0.270 e. The van der Waals surface area contributed by atoms with Crippen molar-refractivity contribution in [1.82, 2.24) is 0 Å². The topological polar surface area (TPSA) is 133 Å². The molecule has 10 heteroatoms. The van der Waals surface area contributed by atoms with E-state index in [1.165, 1.54) is 24.3 Å². The Morgan fingerprint density at radius 1 is 1.23 bits per heavy atom. The second-order valence-corrected chi connectivity index (χ2v) is 7.00. The third kappa shape index (κ3) is 4.09. The summed E-state index contributed by atoms with van der Waals surface area (Å²) < 4.78 is 32.3.